The van der Waals surface area contributed by atoms with Crippen molar-refractivity contribution in [1.82, 2.24) is 5.32 Å². The van der Waals surface area contributed by atoms with Crippen LogP contribution in [0.15, 0.2) is 46.8 Å². The first-order chi connectivity index (χ1) is 15.3. The Morgan fingerprint density at radius 2 is 1.85 bits per heavy atom. The van der Waals surface area contributed by atoms with Crippen molar-refractivity contribution in [1.29, 1.82) is 0 Å². The van der Waals surface area contributed by atoms with E-state index in [0.717, 1.165) is 11.1 Å². The van der Waals surface area contributed by atoms with E-state index in [4.69, 9.17) is 21.1 Å². The molecule has 0 bridgehead atoms. The molecule has 2 aromatic carbocycles. The van der Waals surface area contributed by atoms with E-state index >= 15 is 0 Å². The first kappa shape index (κ1) is 28.0. The van der Waals surface area contributed by atoms with Gasteiger partial charge in [0.05, 0.1) is 7.11 Å². The Kier molecular flexibility index (Phi) is 12.0. The molecule has 0 unspecified atom stereocenters. The zero-order valence-electron chi connectivity index (χ0n) is 18.1. The first-order valence-corrected chi connectivity index (χ1v) is 11.3. The maximum Gasteiger partial charge on any atom is 0.311 e. The molecule has 0 radical (unpaired) electrons. The molecular weight excluding hydrogens is 464 g/mol. The van der Waals surface area contributed by atoms with Gasteiger partial charge in [-0.05, 0) is 54.3 Å². The van der Waals surface area contributed by atoms with Crippen LogP contribution in [0.5, 0.6) is 11.5 Å². The lowest BCUT2D eigenvalue weighted by atomic mass is 10.0. The molecule has 9 heteroatoms. The van der Waals surface area contributed by atoms with E-state index in [1.54, 1.807) is 39.2 Å². The Morgan fingerprint density at radius 1 is 1.15 bits per heavy atom. The Morgan fingerprint density at radius 3 is 2.45 bits per heavy atom. The maximum atomic E-state index is 12.2. The lowest BCUT2D eigenvalue weighted by Gasteiger charge is -2.14. The van der Waals surface area contributed by atoms with Crippen molar-refractivity contribution in [2.24, 2.45) is 10.3 Å². The summed E-state index contributed by atoms with van der Waals surface area (Å²) >= 11 is 5.86. The normalized spacial score (nSPS) is 10.8. The monoisotopic (exact) mass is 492 g/mol. The minimum Gasteiger partial charge on any atom is -0.493 e. The number of hydrogen-bond acceptors (Lipinski definition) is 6. The number of methoxy groups -OCH3 is 1. The zero-order valence-corrected chi connectivity index (χ0v) is 19.7. The fourth-order valence-electron chi connectivity index (χ4n) is 2.77. The highest BCUT2D eigenvalue weighted by Crippen LogP contribution is 2.28. The minimum absolute atomic E-state index is 0. The predicted octanol–water partition coefficient (Wildman–Crippen LogP) is 4.16. The van der Waals surface area contributed by atoms with Crippen LogP contribution in [0.3, 0.4) is 0 Å². The average molecular weight is 493 g/mol. The number of carbonyl (C=O) groups is 1. The molecule has 0 heterocycles. The number of amides is 1. The largest absolute Gasteiger partial charge is 0.493 e. The second-order valence-corrected chi connectivity index (χ2v) is 8.22. The summed E-state index contributed by atoms with van der Waals surface area (Å²) < 4.78 is 36.2. The van der Waals surface area contributed by atoms with E-state index in [1.165, 1.54) is 0 Å². The van der Waals surface area contributed by atoms with Gasteiger partial charge in [0.25, 0.3) is 0 Å². The van der Waals surface area contributed by atoms with Crippen LogP contribution < -0.4 is 14.8 Å². The molecule has 1 N–H and O–H groups in total. The third-order valence-corrected chi connectivity index (χ3v) is 5.07. The van der Waals surface area contributed by atoms with Crippen LogP contribution in [0.4, 0.5) is 0 Å². The fourth-order valence-corrected chi connectivity index (χ4v) is 3.42. The highest BCUT2D eigenvalue weighted by molar-refractivity contribution is 7.61. The number of benzene rings is 2. The van der Waals surface area contributed by atoms with E-state index in [2.05, 4.69) is 21.5 Å². The molecule has 0 fully saturated rings. The fraction of sp³-hybridized carbons (Fsp3) is 0.375. The van der Waals surface area contributed by atoms with Crippen LogP contribution in [0, 0.1) is 17.8 Å². The van der Waals surface area contributed by atoms with Crippen molar-refractivity contribution in [2.45, 2.75) is 33.7 Å². The Hall–Kier alpha value is -3.02. The van der Waals surface area contributed by atoms with Gasteiger partial charge in [-0.3, -0.25) is 4.79 Å². The zero-order chi connectivity index (χ0) is 23.5. The van der Waals surface area contributed by atoms with Gasteiger partial charge in [0, 0.05) is 17.1 Å². The number of hydrogen-bond donors (Lipinski definition) is 1. The summed E-state index contributed by atoms with van der Waals surface area (Å²) in [6, 6.07) is 11.8. The highest BCUT2D eigenvalue weighted by Gasteiger charge is 2.21. The molecule has 0 aliphatic carbocycles. The number of nitrogens with zero attached hydrogens (tertiary/aromatic N) is 1. The number of rotatable bonds is 9. The summed E-state index contributed by atoms with van der Waals surface area (Å²) in [7, 11) is -1.09. The van der Waals surface area contributed by atoms with Gasteiger partial charge in [-0.1, -0.05) is 50.8 Å². The molecular formula is C24H29ClN2O5S. The Labute approximate surface area is 202 Å². The molecule has 1 atom stereocenters. The molecule has 0 saturated carbocycles. The lowest BCUT2D eigenvalue weighted by Crippen LogP contribution is -2.37. The third kappa shape index (κ3) is 9.56. The SMILES string of the molecule is C.COc1cc(CCNC(=O)[C@@H](N=S(=O)=O)C(C)C)ccc1OCC#Cc1ccc(Cl)cc1. The second-order valence-electron chi connectivity index (χ2n) is 7.13. The first-order valence-electron chi connectivity index (χ1n) is 9.92. The van der Waals surface area contributed by atoms with Gasteiger partial charge >= 0.3 is 10.5 Å². The molecule has 2 rings (SSSR count). The van der Waals surface area contributed by atoms with Crippen molar-refractivity contribution in [3.8, 4) is 23.3 Å². The summed E-state index contributed by atoms with van der Waals surface area (Å²) in [4.78, 5) is 12.2. The van der Waals surface area contributed by atoms with Crippen LogP contribution in [-0.2, 0) is 21.7 Å². The number of halogens is 1. The van der Waals surface area contributed by atoms with E-state index in [1.807, 2.05) is 24.3 Å². The molecule has 0 aromatic heterocycles. The molecule has 0 saturated heterocycles. The van der Waals surface area contributed by atoms with Gasteiger partial charge < -0.3 is 14.8 Å². The van der Waals surface area contributed by atoms with Crippen LogP contribution >= 0.6 is 11.6 Å². The van der Waals surface area contributed by atoms with Gasteiger partial charge in [0.2, 0.25) is 5.91 Å². The van der Waals surface area contributed by atoms with E-state index in [9.17, 15) is 13.2 Å². The molecule has 0 aliphatic heterocycles. The number of nitrogens with one attached hydrogen (secondary N) is 1. The molecule has 7 nitrogen and oxygen atoms in total. The van der Waals surface area contributed by atoms with Crippen LogP contribution in [0.25, 0.3) is 0 Å². The molecule has 33 heavy (non-hydrogen) atoms. The summed E-state index contributed by atoms with van der Waals surface area (Å²) in [6.45, 7) is 4.00. The topological polar surface area (TPSA) is 94.1 Å². The van der Waals surface area contributed by atoms with Crippen molar-refractivity contribution in [2.75, 3.05) is 20.3 Å². The van der Waals surface area contributed by atoms with Crippen LogP contribution in [-0.4, -0.2) is 40.6 Å². The lowest BCUT2D eigenvalue weighted by molar-refractivity contribution is -0.123. The molecule has 178 valence electrons. The van der Waals surface area contributed by atoms with Crippen molar-refractivity contribution in [3.05, 3.63) is 58.6 Å². The number of ether oxygens (including phenoxy) is 2. The highest BCUT2D eigenvalue weighted by atomic mass is 35.5. The Bertz CT molecular complexity index is 1110. The summed E-state index contributed by atoms with van der Waals surface area (Å²) in [6.07, 6.45) is 0.532. The summed E-state index contributed by atoms with van der Waals surface area (Å²) in [5, 5.41) is 3.38. The molecule has 0 aliphatic rings. The summed E-state index contributed by atoms with van der Waals surface area (Å²) in [5.74, 6) is 6.40. The van der Waals surface area contributed by atoms with Gasteiger partial charge in [-0.2, -0.15) is 12.8 Å². The smallest absolute Gasteiger partial charge is 0.311 e. The van der Waals surface area contributed by atoms with Gasteiger partial charge in [-0.25, -0.2) is 0 Å². The molecule has 0 spiro atoms. The van der Waals surface area contributed by atoms with E-state index in [-0.39, 0.29) is 20.0 Å². The second kappa shape index (κ2) is 14.2. The van der Waals surface area contributed by atoms with Crippen molar-refractivity contribution in [3.63, 3.8) is 0 Å². The Balaban J connectivity index is 0.00000544. The van der Waals surface area contributed by atoms with Crippen molar-refractivity contribution < 1.29 is 22.7 Å². The van der Waals surface area contributed by atoms with Crippen LogP contribution in [0.1, 0.15) is 32.4 Å². The van der Waals surface area contributed by atoms with Gasteiger partial charge in [0.15, 0.2) is 11.5 Å². The number of carbonyl (C=O) groups excluding carboxylic acids is 1. The predicted molar refractivity (Wildman–Crippen MR) is 130 cm³/mol. The minimum atomic E-state index is -2.63. The quantitative estimate of drug-likeness (QED) is 0.530. The van der Waals surface area contributed by atoms with E-state index < -0.39 is 22.4 Å². The van der Waals surface area contributed by atoms with E-state index in [0.29, 0.717) is 29.5 Å². The van der Waals surface area contributed by atoms with Crippen LogP contribution in [0.2, 0.25) is 5.02 Å². The van der Waals surface area contributed by atoms with Gasteiger partial charge in [-0.15, -0.1) is 0 Å². The van der Waals surface area contributed by atoms with Crippen molar-refractivity contribution >= 4 is 28.0 Å². The standard InChI is InChI=1S/C23H25ClN2O5S.CH4/c1-16(2)22(26-32(28)29)23(27)25-13-12-18-8-11-20(21(15-18)30-3)31-14-4-5-17-6-9-19(24)10-7-17;/h6-11,15-16,22H,12-14H2,1-3H3,(H,25,27);1H4/t22-;/m0./s1. The summed E-state index contributed by atoms with van der Waals surface area (Å²) in [5.41, 5.74) is 1.77. The van der Waals surface area contributed by atoms with Gasteiger partial charge in [0.1, 0.15) is 12.6 Å². The molecule has 1 amide bonds. The average Bonchev–Trinajstić information content (AvgIpc) is 2.76. The third-order valence-electron chi connectivity index (χ3n) is 4.42. The molecule has 2 aromatic rings. The maximum absolute atomic E-state index is 12.2.